The third-order valence-corrected chi connectivity index (χ3v) is 6.48. The molecule has 1 aromatic heterocycles. The topological polar surface area (TPSA) is 45.5 Å². The predicted octanol–water partition coefficient (Wildman–Crippen LogP) is 3.16. The van der Waals surface area contributed by atoms with Gasteiger partial charge in [0.2, 0.25) is 10.0 Å². The van der Waals surface area contributed by atoms with Crippen LogP contribution in [0.2, 0.25) is 0 Å². The summed E-state index contributed by atoms with van der Waals surface area (Å²) in [6, 6.07) is 13.2. The number of aryl methyl sites for hydroxylation is 1. The molecular weight excluding hydrogens is 365 g/mol. The van der Waals surface area contributed by atoms with Crippen LogP contribution in [0.15, 0.2) is 48.7 Å². The lowest BCUT2D eigenvalue weighted by Gasteiger charge is -2.34. The van der Waals surface area contributed by atoms with Crippen molar-refractivity contribution in [2.45, 2.75) is 6.92 Å². The first kappa shape index (κ1) is 18.0. The summed E-state index contributed by atoms with van der Waals surface area (Å²) in [4.78, 5) is 2.18. The van der Waals surface area contributed by atoms with Gasteiger partial charge in [0.25, 0.3) is 0 Å². The molecule has 1 saturated heterocycles. The second-order valence-electron chi connectivity index (χ2n) is 6.98. The van der Waals surface area contributed by atoms with Gasteiger partial charge in [0, 0.05) is 49.1 Å². The maximum Gasteiger partial charge on any atom is 0.211 e. The summed E-state index contributed by atoms with van der Waals surface area (Å²) in [5.41, 5.74) is 3.89. The van der Waals surface area contributed by atoms with E-state index in [-0.39, 0.29) is 5.82 Å². The fourth-order valence-corrected chi connectivity index (χ4v) is 4.55. The second-order valence-corrected chi connectivity index (χ2v) is 8.96. The van der Waals surface area contributed by atoms with Gasteiger partial charge in [-0.05, 0) is 42.8 Å². The molecule has 27 heavy (non-hydrogen) atoms. The molecule has 4 rings (SSSR count). The smallest absolute Gasteiger partial charge is 0.211 e. The molecule has 1 aliphatic heterocycles. The maximum atomic E-state index is 14.1. The van der Waals surface area contributed by atoms with Crippen LogP contribution in [0.5, 0.6) is 0 Å². The summed E-state index contributed by atoms with van der Waals surface area (Å²) < 4.78 is 41.0. The average molecular weight is 387 g/mol. The molecule has 2 heterocycles. The zero-order valence-electron chi connectivity index (χ0n) is 15.4. The van der Waals surface area contributed by atoms with Crippen molar-refractivity contribution in [3.63, 3.8) is 0 Å². The molecule has 0 saturated carbocycles. The van der Waals surface area contributed by atoms with Gasteiger partial charge in [0.05, 0.1) is 11.8 Å². The molecule has 1 aliphatic rings. The number of benzene rings is 2. The Bertz CT molecular complexity index is 1100. The SMILES string of the molecule is Cc1ccc(F)c2ccn(-c3cccc(N4CCN(S(C)(=O)=O)CC4)c3)c12. The van der Waals surface area contributed by atoms with Crippen LogP contribution in [0.3, 0.4) is 0 Å². The number of nitrogens with zero attached hydrogens (tertiary/aromatic N) is 3. The van der Waals surface area contributed by atoms with Crippen molar-refractivity contribution in [2.24, 2.45) is 0 Å². The molecule has 0 N–H and O–H groups in total. The first-order valence-electron chi connectivity index (χ1n) is 8.91. The summed E-state index contributed by atoms with van der Waals surface area (Å²) in [6.07, 6.45) is 3.14. The summed E-state index contributed by atoms with van der Waals surface area (Å²) in [7, 11) is -3.14. The molecule has 0 atom stereocenters. The molecule has 0 amide bonds. The zero-order valence-corrected chi connectivity index (χ0v) is 16.2. The highest BCUT2D eigenvalue weighted by Crippen LogP contribution is 2.28. The third kappa shape index (κ3) is 3.33. The van der Waals surface area contributed by atoms with Crippen molar-refractivity contribution in [2.75, 3.05) is 37.3 Å². The molecule has 0 spiro atoms. The van der Waals surface area contributed by atoms with Crippen LogP contribution in [0.4, 0.5) is 10.1 Å². The van der Waals surface area contributed by atoms with Crippen molar-refractivity contribution in [3.8, 4) is 5.69 Å². The van der Waals surface area contributed by atoms with Crippen LogP contribution >= 0.6 is 0 Å². The van der Waals surface area contributed by atoms with E-state index >= 15 is 0 Å². The van der Waals surface area contributed by atoms with Gasteiger partial charge in [0.15, 0.2) is 0 Å². The fourth-order valence-electron chi connectivity index (χ4n) is 3.73. The number of fused-ring (bicyclic) bond motifs is 1. The number of rotatable bonds is 3. The minimum atomic E-state index is -3.14. The standard InChI is InChI=1S/C20H22FN3O2S/c1-15-6-7-19(21)18-8-9-24(20(15)18)17-5-3-4-16(14-17)22-10-12-23(13-11-22)27(2,25)26/h3-9,14H,10-13H2,1-2H3. The Hall–Kier alpha value is -2.38. The highest BCUT2D eigenvalue weighted by Gasteiger charge is 2.23. The summed E-state index contributed by atoms with van der Waals surface area (Å²) in [6.45, 7) is 4.25. The normalized spacial score (nSPS) is 16.2. The van der Waals surface area contributed by atoms with Gasteiger partial charge < -0.3 is 9.47 Å². The van der Waals surface area contributed by atoms with Gasteiger partial charge in [-0.2, -0.15) is 4.31 Å². The van der Waals surface area contributed by atoms with E-state index in [0.717, 1.165) is 22.5 Å². The molecule has 7 heteroatoms. The Morgan fingerprint density at radius 3 is 2.37 bits per heavy atom. The Balaban J connectivity index is 1.66. The number of aromatic nitrogens is 1. The van der Waals surface area contributed by atoms with Crippen molar-refractivity contribution in [1.82, 2.24) is 8.87 Å². The zero-order chi connectivity index (χ0) is 19.2. The van der Waals surface area contributed by atoms with Crippen molar-refractivity contribution in [3.05, 3.63) is 60.0 Å². The molecule has 1 fully saturated rings. The fraction of sp³-hybridized carbons (Fsp3) is 0.300. The monoisotopic (exact) mass is 387 g/mol. The lowest BCUT2D eigenvalue weighted by molar-refractivity contribution is 0.388. The van der Waals surface area contributed by atoms with E-state index < -0.39 is 10.0 Å². The first-order valence-corrected chi connectivity index (χ1v) is 10.8. The number of anilines is 1. The molecule has 142 valence electrons. The second kappa shape index (κ2) is 6.65. The van der Waals surface area contributed by atoms with E-state index in [0.29, 0.717) is 31.6 Å². The molecule has 3 aromatic rings. The van der Waals surface area contributed by atoms with Crippen LogP contribution < -0.4 is 4.90 Å². The molecule has 0 bridgehead atoms. The van der Waals surface area contributed by atoms with E-state index in [1.54, 1.807) is 12.1 Å². The summed E-state index contributed by atoms with van der Waals surface area (Å²) >= 11 is 0. The lowest BCUT2D eigenvalue weighted by Crippen LogP contribution is -2.48. The molecule has 2 aromatic carbocycles. The van der Waals surface area contributed by atoms with Crippen LogP contribution in [0.1, 0.15) is 5.56 Å². The number of hydrogen-bond acceptors (Lipinski definition) is 3. The molecular formula is C20H22FN3O2S. The van der Waals surface area contributed by atoms with E-state index in [1.807, 2.05) is 35.9 Å². The van der Waals surface area contributed by atoms with Crippen LogP contribution in [0, 0.1) is 12.7 Å². The average Bonchev–Trinajstić information content (AvgIpc) is 3.11. The number of halogens is 1. The molecule has 0 aliphatic carbocycles. The highest BCUT2D eigenvalue weighted by molar-refractivity contribution is 7.88. The van der Waals surface area contributed by atoms with Gasteiger partial charge in [0.1, 0.15) is 5.82 Å². The Labute approximate surface area is 158 Å². The van der Waals surface area contributed by atoms with E-state index in [4.69, 9.17) is 0 Å². The van der Waals surface area contributed by atoms with Gasteiger partial charge in [-0.15, -0.1) is 0 Å². The van der Waals surface area contributed by atoms with E-state index in [9.17, 15) is 12.8 Å². The number of sulfonamides is 1. The number of hydrogen-bond donors (Lipinski definition) is 0. The largest absolute Gasteiger partial charge is 0.369 e. The minimum Gasteiger partial charge on any atom is -0.369 e. The quantitative estimate of drug-likeness (QED) is 0.694. The van der Waals surface area contributed by atoms with Crippen LogP contribution in [-0.2, 0) is 10.0 Å². The third-order valence-electron chi connectivity index (χ3n) is 5.18. The number of piperazine rings is 1. The van der Waals surface area contributed by atoms with Gasteiger partial charge in [-0.1, -0.05) is 12.1 Å². The van der Waals surface area contributed by atoms with Crippen molar-refractivity contribution >= 4 is 26.6 Å². The maximum absolute atomic E-state index is 14.1. The van der Waals surface area contributed by atoms with E-state index in [1.165, 1.54) is 16.6 Å². The minimum absolute atomic E-state index is 0.220. The van der Waals surface area contributed by atoms with Crippen LogP contribution in [-0.4, -0.2) is 49.7 Å². The van der Waals surface area contributed by atoms with E-state index in [2.05, 4.69) is 11.0 Å². The van der Waals surface area contributed by atoms with Crippen molar-refractivity contribution < 1.29 is 12.8 Å². The first-order chi connectivity index (χ1) is 12.8. The Kier molecular flexibility index (Phi) is 4.44. The van der Waals surface area contributed by atoms with Gasteiger partial charge in [-0.25, -0.2) is 12.8 Å². The molecule has 0 unspecified atom stereocenters. The van der Waals surface area contributed by atoms with Gasteiger partial charge >= 0.3 is 0 Å². The highest BCUT2D eigenvalue weighted by atomic mass is 32.2. The molecule has 0 radical (unpaired) electrons. The summed E-state index contributed by atoms with van der Waals surface area (Å²) in [5.74, 6) is -0.220. The van der Waals surface area contributed by atoms with Crippen LogP contribution in [0.25, 0.3) is 16.6 Å². The van der Waals surface area contributed by atoms with Crippen molar-refractivity contribution in [1.29, 1.82) is 0 Å². The van der Waals surface area contributed by atoms with Gasteiger partial charge in [-0.3, -0.25) is 0 Å². The Morgan fingerprint density at radius 2 is 1.67 bits per heavy atom. The Morgan fingerprint density at radius 1 is 0.963 bits per heavy atom. The predicted molar refractivity (Wildman–Crippen MR) is 107 cm³/mol. The summed E-state index contributed by atoms with van der Waals surface area (Å²) in [5, 5.41) is 0.613. The lowest BCUT2D eigenvalue weighted by atomic mass is 10.1. The molecule has 5 nitrogen and oxygen atoms in total.